The van der Waals surface area contributed by atoms with Crippen molar-refractivity contribution in [2.24, 2.45) is 5.10 Å². The van der Waals surface area contributed by atoms with Crippen LogP contribution in [0.15, 0.2) is 62.7 Å². The molecule has 0 saturated carbocycles. The number of carbonyl (C=O) groups is 1. The van der Waals surface area contributed by atoms with E-state index in [1.165, 1.54) is 0 Å². The van der Waals surface area contributed by atoms with Crippen molar-refractivity contribution in [2.75, 3.05) is 5.73 Å². The van der Waals surface area contributed by atoms with Crippen LogP contribution in [0, 0.1) is 0 Å². The molecular weight excluding hydrogens is 426 g/mol. The average molecular weight is 440 g/mol. The molecular formula is C18H14BrN7O2. The lowest BCUT2D eigenvalue weighted by Gasteiger charge is -2.06. The monoisotopic (exact) mass is 439 g/mol. The number of benzene rings is 2. The third kappa shape index (κ3) is 3.62. The van der Waals surface area contributed by atoms with Gasteiger partial charge < -0.3 is 10.3 Å². The predicted octanol–water partition coefficient (Wildman–Crippen LogP) is 2.58. The van der Waals surface area contributed by atoms with Crippen molar-refractivity contribution in [3.63, 3.8) is 0 Å². The number of anilines is 1. The number of nitrogens with two attached hydrogens (primary N) is 1. The van der Waals surface area contributed by atoms with Crippen LogP contribution in [-0.2, 0) is 11.3 Å². The summed E-state index contributed by atoms with van der Waals surface area (Å²) in [5.74, 6) is 0.171. The summed E-state index contributed by atoms with van der Waals surface area (Å²) in [6.45, 7) is -0.0280. The summed E-state index contributed by atoms with van der Waals surface area (Å²) in [5.41, 5.74) is 10.9. The van der Waals surface area contributed by atoms with E-state index in [-0.39, 0.29) is 24.0 Å². The lowest BCUT2D eigenvalue weighted by Crippen LogP contribution is -2.23. The van der Waals surface area contributed by atoms with Gasteiger partial charge in [0.1, 0.15) is 6.54 Å². The fourth-order valence-electron chi connectivity index (χ4n) is 2.67. The van der Waals surface area contributed by atoms with Gasteiger partial charge in [-0.05, 0) is 40.1 Å². The van der Waals surface area contributed by atoms with Gasteiger partial charge in [0, 0.05) is 4.47 Å². The molecule has 1 amide bonds. The highest BCUT2D eigenvalue weighted by molar-refractivity contribution is 9.10. The van der Waals surface area contributed by atoms with Gasteiger partial charge in [0.15, 0.2) is 17.3 Å². The van der Waals surface area contributed by atoms with Crippen LogP contribution in [0.4, 0.5) is 5.82 Å². The summed E-state index contributed by atoms with van der Waals surface area (Å²) in [7, 11) is 0. The van der Waals surface area contributed by atoms with Crippen molar-refractivity contribution in [2.45, 2.75) is 6.54 Å². The molecule has 0 radical (unpaired) electrons. The lowest BCUT2D eigenvalue weighted by atomic mass is 10.2. The van der Waals surface area contributed by atoms with Gasteiger partial charge in [-0.1, -0.05) is 40.2 Å². The fourth-order valence-corrected chi connectivity index (χ4v) is 2.94. The molecule has 0 bridgehead atoms. The molecule has 0 aliphatic rings. The number of imidazole rings is 1. The first kappa shape index (κ1) is 17.9. The number of fused-ring (bicyclic) bond motifs is 1. The highest BCUT2D eigenvalue weighted by atomic mass is 79.9. The predicted molar refractivity (Wildman–Crippen MR) is 107 cm³/mol. The zero-order valence-electron chi connectivity index (χ0n) is 14.4. The molecule has 9 nitrogen and oxygen atoms in total. The first-order valence-electron chi connectivity index (χ1n) is 8.23. The second kappa shape index (κ2) is 7.61. The molecule has 2 aromatic carbocycles. The number of rotatable bonds is 5. The Morgan fingerprint density at radius 3 is 2.75 bits per heavy atom. The Morgan fingerprint density at radius 1 is 1.21 bits per heavy atom. The summed E-state index contributed by atoms with van der Waals surface area (Å²) < 4.78 is 7.33. The maximum Gasteiger partial charge on any atom is 0.260 e. The van der Waals surface area contributed by atoms with Gasteiger partial charge >= 0.3 is 0 Å². The van der Waals surface area contributed by atoms with E-state index in [1.807, 2.05) is 48.5 Å². The molecule has 0 fully saturated rings. The van der Waals surface area contributed by atoms with Gasteiger partial charge in [0.05, 0.1) is 17.2 Å². The third-order valence-electron chi connectivity index (χ3n) is 3.95. The van der Waals surface area contributed by atoms with Gasteiger partial charge in [-0.25, -0.2) is 15.0 Å². The number of para-hydroxylation sites is 2. The normalized spacial score (nSPS) is 11.3. The number of halogens is 1. The number of hydrogen-bond acceptors (Lipinski definition) is 7. The molecule has 2 heterocycles. The minimum atomic E-state index is -0.326. The van der Waals surface area contributed by atoms with E-state index in [9.17, 15) is 4.79 Å². The van der Waals surface area contributed by atoms with Crippen molar-refractivity contribution in [3.8, 4) is 11.5 Å². The SMILES string of the molecule is Nc1nonc1-c1nc2ccccc2n1CC(=O)N/N=C/c1ccc(Br)cc1. The number of hydrazone groups is 1. The Bertz CT molecular complexity index is 1160. The molecule has 4 rings (SSSR count). The van der Waals surface area contributed by atoms with E-state index in [0.717, 1.165) is 15.6 Å². The number of nitrogens with zero attached hydrogens (tertiary/aromatic N) is 5. The largest absolute Gasteiger partial charge is 0.379 e. The number of carbonyl (C=O) groups excluding carboxylic acids is 1. The van der Waals surface area contributed by atoms with Crippen LogP contribution in [0.5, 0.6) is 0 Å². The van der Waals surface area contributed by atoms with Gasteiger partial charge in [-0.15, -0.1) is 0 Å². The average Bonchev–Trinajstić information content (AvgIpc) is 3.27. The number of nitrogen functional groups attached to an aromatic ring is 1. The van der Waals surface area contributed by atoms with Crippen molar-refractivity contribution >= 4 is 44.9 Å². The fraction of sp³-hybridized carbons (Fsp3) is 0.0556. The molecule has 3 N–H and O–H groups in total. The highest BCUT2D eigenvalue weighted by Crippen LogP contribution is 2.26. The molecule has 0 atom stereocenters. The second-order valence-corrected chi connectivity index (χ2v) is 6.77. The minimum absolute atomic E-state index is 0.0280. The molecule has 0 unspecified atom stereocenters. The highest BCUT2D eigenvalue weighted by Gasteiger charge is 2.20. The first-order valence-corrected chi connectivity index (χ1v) is 9.02. The lowest BCUT2D eigenvalue weighted by molar-refractivity contribution is -0.121. The zero-order chi connectivity index (χ0) is 19.5. The van der Waals surface area contributed by atoms with Crippen LogP contribution in [0.3, 0.4) is 0 Å². The molecule has 0 aliphatic carbocycles. The summed E-state index contributed by atoms with van der Waals surface area (Å²) >= 11 is 3.37. The van der Waals surface area contributed by atoms with Crippen LogP contribution in [0.1, 0.15) is 5.56 Å². The van der Waals surface area contributed by atoms with E-state index in [2.05, 4.69) is 46.4 Å². The van der Waals surface area contributed by atoms with Gasteiger partial charge in [-0.3, -0.25) is 4.79 Å². The summed E-state index contributed by atoms with van der Waals surface area (Å²) in [6, 6.07) is 14.9. The second-order valence-electron chi connectivity index (χ2n) is 5.85. The van der Waals surface area contributed by atoms with E-state index in [4.69, 9.17) is 5.73 Å². The van der Waals surface area contributed by atoms with Crippen LogP contribution in [0.2, 0.25) is 0 Å². The standard InChI is InChI=1S/C18H14BrN7O2/c19-12-7-5-11(6-8-12)9-21-23-15(27)10-26-14-4-2-1-3-13(14)22-18(26)16-17(20)25-28-24-16/h1-9H,10H2,(H2,20,25)(H,23,27)/b21-9+. The molecule has 0 spiro atoms. The Hall–Kier alpha value is -3.53. The quantitative estimate of drug-likeness (QED) is 0.363. The van der Waals surface area contributed by atoms with Crippen LogP contribution in [-0.4, -0.2) is 32.0 Å². The van der Waals surface area contributed by atoms with E-state index >= 15 is 0 Å². The van der Waals surface area contributed by atoms with E-state index < -0.39 is 0 Å². The van der Waals surface area contributed by atoms with Crippen LogP contribution in [0.25, 0.3) is 22.6 Å². The summed E-state index contributed by atoms with van der Waals surface area (Å²) in [5, 5.41) is 11.4. The number of hydrogen-bond donors (Lipinski definition) is 2. The number of aromatic nitrogens is 4. The molecule has 0 saturated heterocycles. The Balaban J connectivity index is 1.57. The van der Waals surface area contributed by atoms with Crippen LogP contribution < -0.4 is 11.2 Å². The molecule has 28 heavy (non-hydrogen) atoms. The van der Waals surface area contributed by atoms with Gasteiger partial charge in [0.25, 0.3) is 5.91 Å². The summed E-state index contributed by atoms with van der Waals surface area (Å²) in [6.07, 6.45) is 1.57. The molecule has 0 aliphatic heterocycles. The van der Waals surface area contributed by atoms with Crippen LogP contribution >= 0.6 is 15.9 Å². The van der Waals surface area contributed by atoms with Gasteiger partial charge in [-0.2, -0.15) is 5.10 Å². The number of amides is 1. The van der Waals surface area contributed by atoms with Gasteiger partial charge in [0.2, 0.25) is 0 Å². The maximum absolute atomic E-state index is 12.4. The Labute approximate surface area is 167 Å². The molecule has 140 valence electrons. The van der Waals surface area contributed by atoms with Crippen molar-refractivity contribution in [1.82, 2.24) is 25.3 Å². The van der Waals surface area contributed by atoms with Crippen molar-refractivity contribution in [3.05, 3.63) is 58.6 Å². The zero-order valence-corrected chi connectivity index (χ0v) is 16.0. The Morgan fingerprint density at radius 2 is 2.00 bits per heavy atom. The van der Waals surface area contributed by atoms with E-state index in [1.54, 1.807) is 10.8 Å². The molecule has 2 aromatic heterocycles. The van der Waals surface area contributed by atoms with Crippen molar-refractivity contribution in [1.29, 1.82) is 0 Å². The first-order chi connectivity index (χ1) is 13.6. The minimum Gasteiger partial charge on any atom is -0.379 e. The topological polar surface area (TPSA) is 124 Å². The third-order valence-corrected chi connectivity index (χ3v) is 4.48. The Kier molecular flexibility index (Phi) is 4.85. The molecule has 4 aromatic rings. The van der Waals surface area contributed by atoms with E-state index in [0.29, 0.717) is 11.3 Å². The van der Waals surface area contributed by atoms with Crippen molar-refractivity contribution < 1.29 is 9.42 Å². The maximum atomic E-state index is 12.4. The molecule has 10 heteroatoms. The smallest absolute Gasteiger partial charge is 0.260 e. The number of nitrogens with one attached hydrogen (secondary N) is 1. The summed E-state index contributed by atoms with van der Waals surface area (Å²) in [4.78, 5) is 16.9.